The Labute approximate surface area is 188 Å². The molecule has 0 aliphatic heterocycles. The quantitative estimate of drug-likeness (QED) is 0.456. The van der Waals surface area contributed by atoms with Crippen molar-refractivity contribution in [2.24, 2.45) is 0 Å². The molecule has 0 bridgehead atoms. The van der Waals surface area contributed by atoms with E-state index in [-0.39, 0.29) is 12.1 Å². The molecule has 0 heterocycles. The second kappa shape index (κ2) is 9.77. The summed E-state index contributed by atoms with van der Waals surface area (Å²) in [5.74, 6) is -1.25. The van der Waals surface area contributed by atoms with Gasteiger partial charge >= 0.3 is 12.2 Å². The van der Waals surface area contributed by atoms with Crippen molar-refractivity contribution in [1.29, 1.82) is 0 Å². The predicted octanol–water partition coefficient (Wildman–Crippen LogP) is 5.42. The van der Waals surface area contributed by atoms with Gasteiger partial charge in [-0.15, -0.1) is 0 Å². The van der Waals surface area contributed by atoms with Gasteiger partial charge in [0.05, 0.1) is 6.54 Å². The Morgan fingerprint density at radius 1 is 0.656 bits per heavy atom. The molecule has 2 aromatic carbocycles. The number of carbonyl (C=O) groups is 4. The summed E-state index contributed by atoms with van der Waals surface area (Å²) in [6, 6.07) is 14.4. The third kappa shape index (κ3) is 7.34. The normalized spacial score (nSPS) is 11.4. The van der Waals surface area contributed by atoms with Crippen LogP contribution >= 0.6 is 0 Å². The molecule has 2 amide bonds. The number of nitrogens with zero attached hydrogens (tertiary/aromatic N) is 1. The van der Waals surface area contributed by atoms with Gasteiger partial charge in [-0.25, -0.2) is 14.5 Å². The molecular weight excluding hydrogens is 410 g/mol. The van der Waals surface area contributed by atoms with Crippen molar-refractivity contribution >= 4 is 23.8 Å². The van der Waals surface area contributed by atoms with Gasteiger partial charge in [0.1, 0.15) is 11.2 Å². The molecule has 7 heteroatoms. The number of ketones is 2. The van der Waals surface area contributed by atoms with Crippen molar-refractivity contribution in [3.05, 3.63) is 71.3 Å². The van der Waals surface area contributed by atoms with E-state index in [4.69, 9.17) is 9.47 Å². The van der Waals surface area contributed by atoms with Crippen LogP contribution in [0.1, 0.15) is 67.8 Å². The first-order valence-electron chi connectivity index (χ1n) is 10.2. The van der Waals surface area contributed by atoms with Gasteiger partial charge in [0, 0.05) is 11.1 Å². The van der Waals surface area contributed by atoms with E-state index in [1.165, 1.54) is 12.1 Å². The summed E-state index contributed by atoms with van der Waals surface area (Å²) < 4.78 is 10.7. The van der Waals surface area contributed by atoms with Crippen LogP contribution in [0.4, 0.5) is 9.59 Å². The largest absolute Gasteiger partial charge is 0.443 e. The molecule has 0 radical (unpaired) electrons. The van der Waals surface area contributed by atoms with Gasteiger partial charge in [-0.2, -0.15) is 0 Å². The fourth-order valence-electron chi connectivity index (χ4n) is 2.63. The topological polar surface area (TPSA) is 90.0 Å². The first kappa shape index (κ1) is 24.8. The minimum absolute atomic E-state index is 0.120. The summed E-state index contributed by atoms with van der Waals surface area (Å²) in [5, 5.41) is 0. The van der Waals surface area contributed by atoms with Crippen molar-refractivity contribution in [2.75, 3.05) is 0 Å². The van der Waals surface area contributed by atoms with E-state index in [1.807, 2.05) is 0 Å². The predicted molar refractivity (Wildman–Crippen MR) is 120 cm³/mol. The standard InChI is InChI=1S/C25H29NO6/c1-24(2,3)31-22(29)26(23(30)32-25(4,5)6)16-17-12-14-19(15-13-17)21(28)20(27)18-10-8-7-9-11-18/h7-15H,16H2,1-6H3. The average Bonchev–Trinajstić information content (AvgIpc) is 2.69. The van der Waals surface area contributed by atoms with Crippen LogP contribution in [0, 0.1) is 0 Å². The minimum Gasteiger partial charge on any atom is -0.443 e. The molecule has 0 spiro atoms. The Morgan fingerprint density at radius 3 is 1.47 bits per heavy atom. The van der Waals surface area contributed by atoms with Crippen LogP contribution in [0.25, 0.3) is 0 Å². The maximum atomic E-state index is 12.6. The third-order valence-corrected chi connectivity index (χ3v) is 4.03. The smallest absolute Gasteiger partial charge is 0.420 e. The molecule has 0 unspecified atom stereocenters. The molecule has 170 valence electrons. The van der Waals surface area contributed by atoms with Gasteiger partial charge < -0.3 is 9.47 Å². The molecule has 32 heavy (non-hydrogen) atoms. The first-order valence-corrected chi connectivity index (χ1v) is 10.2. The van der Waals surface area contributed by atoms with Crippen LogP contribution in [0.2, 0.25) is 0 Å². The third-order valence-electron chi connectivity index (χ3n) is 4.03. The number of rotatable bonds is 5. The number of amides is 2. The lowest BCUT2D eigenvalue weighted by Gasteiger charge is -2.28. The van der Waals surface area contributed by atoms with Gasteiger partial charge in [-0.05, 0) is 47.1 Å². The van der Waals surface area contributed by atoms with Crippen LogP contribution in [-0.2, 0) is 16.0 Å². The zero-order valence-electron chi connectivity index (χ0n) is 19.3. The fraction of sp³-hybridized carbons (Fsp3) is 0.360. The lowest BCUT2D eigenvalue weighted by molar-refractivity contribution is -0.000274. The average molecular weight is 440 g/mol. The highest BCUT2D eigenvalue weighted by Crippen LogP contribution is 2.18. The molecule has 0 aliphatic rings. The van der Waals surface area contributed by atoms with Gasteiger partial charge in [0.25, 0.3) is 0 Å². The Hall–Kier alpha value is -3.48. The second-order valence-corrected chi connectivity index (χ2v) is 9.27. The molecule has 0 aromatic heterocycles. The summed E-state index contributed by atoms with van der Waals surface area (Å²) in [7, 11) is 0. The van der Waals surface area contributed by atoms with E-state index >= 15 is 0 Å². The maximum Gasteiger partial charge on any atom is 0.420 e. The number of imide groups is 1. The molecule has 0 atom stereocenters. The van der Waals surface area contributed by atoms with Crippen LogP contribution < -0.4 is 0 Å². The zero-order valence-corrected chi connectivity index (χ0v) is 19.3. The second-order valence-electron chi connectivity index (χ2n) is 9.27. The number of hydrogen-bond acceptors (Lipinski definition) is 6. The number of benzene rings is 2. The van der Waals surface area contributed by atoms with Gasteiger partial charge in [-0.3, -0.25) is 9.59 Å². The van der Waals surface area contributed by atoms with Crippen molar-refractivity contribution in [3.8, 4) is 0 Å². The molecule has 2 aromatic rings. The van der Waals surface area contributed by atoms with Crippen molar-refractivity contribution in [3.63, 3.8) is 0 Å². The van der Waals surface area contributed by atoms with Crippen molar-refractivity contribution < 1.29 is 28.7 Å². The van der Waals surface area contributed by atoms with Crippen LogP contribution in [-0.4, -0.2) is 39.9 Å². The number of Topliss-reactive ketones (excluding diaryl/α,β-unsaturated/α-hetero) is 2. The Bertz CT molecular complexity index is 954. The molecular formula is C25H29NO6. The van der Waals surface area contributed by atoms with Crippen molar-refractivity contribution in [2.45, 2.75) is 59.3 Å². The summed E-state index contributed by atoms with van der Waals surface area (Å²) in [4.78, 5) is 51.0. The summed E-state index contributed by atoms with van der Waals surface area (Å²) in [6.45, 7) is 10.1. The lowest BCUT2D eigenvalue weighted by Crippen LogP contribution is -2.43. The van der Waals surface area contributed by atoms with Gasteiger partial charge in [0.15, 0.2) is 0 Å². The monoisotopic (exact) mass is 439 g/mol. The van der Waals surface area contributed by atoms with Crippen molar-refractivity contribution in [1.82, 2.24) is 4.90 Å². The Kier molecular flexibility index (Phi) is 7.56. The molecule has 2 rings (SSSR count). The van der Waals surface area contributed by atoms with E-state index < -0.39 is 35.0 Å². The van der Waals surface area contributed by atoms with Crippen LogP contribution in [0.3, 0.4) is 0 Å². The van der Waals surface area contributed by atoms with Gasteiger partial charge in [0.2, 0.25) is 11.6 Å². The van der Waals surface area contributed by atoms with Crippen LogP contribution in [0.15, 0.2) is 54.6 Å². The van der Waals surface area contributed by atoms with E-state index in [2.05, 4.69) is 0 Å². The Balaban J connectivity index is 2.20. The van der Waals surface area contributed by atoms with E-state index in [1.54, 1.807) is 84.0 Å². The number of carbonyl (C=O) groups excluding carboxylic acids is 4. The minimum atomic E-state index is -0.842. The molecule has 0 saturated heterocycles. The summed E-state index contributed by atoms with van der Waals surface area (Å²) >= 11 is 0. The highest BCUT2D eigenvalue weighted by atomic mass is 16.6. The Morgan fingerprint density at radius 2 is 1.06 bits per heavy atom. The maximum absolute atomic E-state index is 12.6. The molecule has 0 saturated carbocycles. The fourth-order valence-corrected chi connectivity index (χ4v) is 2.63. The molecule has 7 nitrogen and oxygen atoms in total. The number of hydrogen-bond donors (Lipinski definition) is 0. The highest BCUT2D eigenvalue weighted by Gasteiger charge is 2.31. The molecule has 0 fully saturated rings. The van der Waals surface area contributed by atoms with E-state index in [0.29, 0.717) is 11.1 Å². The molecule has 0 N–H and O–H groups in total. The lowest BCUT2D eigenvalue weighted by atomic mass is 10.0. The summed E-state index contributed by atoms with van der Waals surface area (Å²) in [6.07, 6.45) is -1.68. The van der Waals surface area contributed by atoms with Crippen LogP contribution in [0.5, 0.6) is 0 Å². The van der Waals surface area contributed by atoms with E-state index in [0.717, 1.165) is 4.90 Å². The molecule has 0 aliphatic carbocycles. The number of ether oxygens (including phenoxy) is 2. The first-order chi connectivity index (χ1) is 14.8. The zero-order chi connectivity index (χ0) is 24.1. The SMILES string of the molecule is CC(C)(C)OC(=O)N(Cc1ccc(C(=O)C(=O)c2ccccc2)cc1)C(=O)OC(C)(C)C. The highest BCUT2D eigenvalue weighted by molar-refractivity contribution is 6.49. The van der Waals surface area contributed by atoms with Gasteiger partial charge in [-0.1, -0.05) is 54.6 Å². The summed E-state index contributed by atoms with van der Waals surface area (Å²) in [5.41, 5.74) is -0.520. The van der Waals surface area contributed by atoms with E-state index in [9.17, 15) is 19.2 Å².